The smallest absolute Gasteiger partial charge is 0.0426 e. The number of para-hydroxylation sites is 1. The van der Waals surface area contributed by atoms with Crippen molar-refractivity contribution in [1.29, 1.82) is 0 Å². The van der Waals surface area contributed by atoms with Crippen LogP contribution in [0.1, 0.15) is 11.1 Å². The first kappa shape index (κ1) is 11.6. The molecule has 2 aromatic rings. The van der Waals surface area contributed by atoms with Crippen LogP contribution in [0.15, 0.2) is 42.5 Å². The first-order chi connectivity index (χ1) is 8.16. The zero-order valence-corrected chi connectivity index (χ0v) is 9.98. The van der Waals surface area contributed by atoms with Crippen molar-refractivity contribution in [3.05, 3.63) is 58.6 Å². The average Bonchev–Trinajstić information content (AvgIpc) is 2.30. The normalized spacial score (nSPS) is 10.9. The van der Waals surface area contributed by atoms with Gasteiger partial charge < -0.3 is 11.5 Å². The van der Waals surface area contributed by atoms with Crippen LogP contribution in [0.25, 0.3) is 12.2 Å². The molecule has 86 valence electrons. The summed E-state index contributed by atoms with van der Waals surface area (Å²) in [5.41, 5.74) is 15.0. The minimum atomic E-state index is 0.638. The molecule has 0 bridgehead atoms. The molecule has 0 aliphatic heterocycles. The number of nitrogen functional groups attached to an aromatic ring is 2. The summed E-state index contributed by atoms with van der Waals surface area (Å²) in [5, 5.41) is 0.638. The number of hydrogen-bond donors (Lipinski definition) is 2. The third-order valence-electron chi connectivity index (χ3n) is 2.49. The number of halogens is 1. The van der Waals surface area contributed by atoms with E-state index in [4.69, 9.17) is 23.1 Å². The van der Waals surface area contributed by atoms with Gasteiger partial charge in [0.1, 0.15) is 0 Å². The molecule has 0 saturated heterocycles. The maximum absolute atomic E-state index is 5.86. The first-order valence-electron chi connectivity index (χ1n) is 5.24. The lowest BCUT2D eigenvalue weighted by Gasteiger charge is -2.02. The van der Waals surface area contributed by atoms with Crippen LogP contribution in [0, 0.1) is 0 Å². The fourth-order valence-corrected chi connectivity index (χ4v) is 1.72. The highest BCUT2D eigenvalue weighted by atomic mass is 35.5. The van der Waals surface area contributed by atoms with E-state index in [9.17, 15) is 0 Å². The SMILES string of the molecule is Nc1ccccc1/C=C/c1ccc(Cl)cc1N. The highest BCUT2D eigenvalue weighted by Gasteiger charge is 1.97. The van der Waals surface area contributed by atoms with Gasteiger partial charge >= 0.3 is 0 Å². The molecule has 0 aliphatic rings. The van der Waals surface area contributed by atoms with E-state index in [1.807, 2.05) is 48.6 Å². The lowest BCUT2D eigenvalue weighted by Crippen LogP contribution is -1.89. The number of rotatable bonds is 2. The average molecular weight is 245 g/mol. The van der Waals surface area contributed by atoms with E-state index in [0.29, 0.717) is 10.7 Å². The molecule has 0 spiro atoms. The molecule has 0 atom stereocenters. The fourth-order valence-electron chi connectivity index (χ4n) is 1.54. The van der Waals surface area contributed by atoms with E-state index in [0.717, 1.165) is 16.8 Å². The second-order valence-corrected chi connectivity index (χ2v) is 4.17. The quantitative estimate of drug-likeness (QED) is 0.626. The van der Waals surface area contributed by atoms with Gasteiger partial charge in [-0.2, -0.15) is 0 Å². The van der Waals surface area contributed by atoms with Crippen molar-refractivity contribution in [3.63, 3.8) is 0 Å². The van der Waals surface area contributed by atoms with Crippen LogP contribution in [0.2, 0.25) is 5.02 Å². The van der Waals surface area contributed by atoms with Gasteiger partial charge in [-0.3, -0.25) is 0 Å². The van der Waals surface area contributed by atoms with Crippen molar-refractivity contribution >= 4 is 35.1 Å². The monoisotopic (exact) mass is 244 g/mol. The molecule has 0 radical (unpaired) electrons. The zero-order chi connectivity index (χ0) is 12.3. The van der Waals surface area contributed by atoms with Gasteiger partial charge in [-0.05, 0) is 29.3 Å². The van der Waals surface area contributed by atoms with Crippen molar-refractivity contribution in [3.8, 4) is 0 Å². The summed E-state index contributed by atoms with van der Waals surface area (Å²) >= 11 is 5.84. The van der Waals surface area contributed by atoms with Gasteiger partial charge in [0.15, 0.2) is 0 Å². The Morgan fingerprint density at radius 3 is 2.12 bits per heavy atom. The Balaban J connectivity index is 2.29. The lowest BCUT2D eigenvalue weighted by molar-refractivity contribution is 1.62. The Morgan fingerprint density at radius 1 is 0.824 bits per heavy atom. The third-order valence-corrected chi connectivity index (χ3v) is 2.72. The molecule has 0 aliphatic carbocycles. The standard InChI is InChI=1S/C14H13ClN2/c15-12-8-7-11(14(17)9-12)6-5-10-3-1-2-4-13(10)16/h1-9H,16-17H2/b6-5+. The lowest BCUT2D eigenvalue weighted by atomic mass is 10.1. The zero-order valence-electron chi connectivity index (χ0n) is 9.23. The van der Waals surface area contributed by atoms with Crippen molar-refractivity contribution in [1.82, 2.24) is 0 Å². The molecule has 4 N–H and O–H groups in total. The Morgan fingerprint density at radius 2 is 1.47 bits per heavy atom. The van der Waals surface area contributed by atoms with E-state index >= 15 is 0 Å². The highest BCUT2D eigenvalue weighted by molar-refractivity contribution is 6.30. The van der Waals surface area contributed by atoms with Crippen molar-refractivity contribution in [2.24, 2.45) is 0 Å². The van der Waals surface area contributed by atoms with Crippen LogP contribution in [0.5, 0.6) is 0 Å². The van der Waals surface area contributed by atoms with Crippen LogP contribution in [0.3, 0.4) is 0 Å². The Hall–Kier alpha value is -1.93. The number of hydrogen-bond acceptors (Lipinski definition) is 2. The molecule has 0 amide bonds. The highest BCUT2D eigenvalue weighted by Crippen LogP contribution is 2.21. The molecule has 0 aromatic heterocycles. The molecule has 2 rings (SSSR count). The van der Waals surface area contributed by atoms with E-state index in [2.05, 4.69) is 0 Å². The summed E-state index contributed by atoms with van der Waals surface area (Å²) in [5.74, 6) is 0. The number of nitrogens with two attached hydrogens (primary N) is 2. The fraction of sp³-hybridized carbons (Fsp3) is 0. The Bertz CT molecular complexity index is 562. The maximum Gasteiger partial charge on any atom is 0.0426 e. The van der Waals surface area contributed by atoms with Gasteiger partial charge in [-0.15, -0.1) is 0 Å². The van der Waals surface area contributed by atoms with Crippen LogP contribution >= 0.6 is 11.6 Å². The molecule has 0 fully saturated rings. The molecule has 0 saturated carbocycles. The molecule has 2 nitrogen and oxygen atoms in total. The minimum absolute atomic E-state index is 0.638. The molecule has 2 aromatic carbocycles. The van der Waals surface area contributed by atoms with Crippen molar-refractivity contribution < 1.29 is 0 Å². The van der Waals surface area contributed by atoms with Gasteiger partial charge in [0.2, 0.25) is 0 Å². The summed E-state index contributed by atoms with van der Waals surface area (Å²) in [7, 11) is 0. The largest absolute Gasteiger partial charge is 0.398 e. The molecule has 17 heavy (non-hydrogen) atoms. The van der Waals surface area contributed by atoms with Crippen molar-refractivity contribution in [2.45, 2.75) is 0 Å². The maximum atomic E-state index is 5.86. The third kappa shape index (κ3) is 2.80. The Labute approximate surface area is 106 Å². The van der Waals surface area contributed by atoms with E-state index in [1.54, 1.807) is 6.07 Å². The summed E-state index contributed by atoms with van der Waals surface area (Å²) in [6.45, 7) is 0. The summed E-state index contributed by atoms with van der Waals surface area (Å²) in [6, 6.07) is 13.1. The first-order valence-corrected chi connectivity index (χ1v) is 5.62. The van der Waals surface area contributed by atoms with E-state index < -0.39 is 0 Å². The number of benzene rings is 2. The van der Waals surface area contributed by atoms with Crippen LogP contribution in [0.4, 0.5) is 11.4 Å². The molecule has 0 unspecified atom stereocenters. The summed E-state index contributed by atoms with van der Waals surface area (Å²) < 4.78 is 0. The van der Waals surface area contributed by atoms with Gasteiger partial charge in [0.25, 0.3) is 0 Å². The van der Waals surface area contributed by atoms with Crippen LogP contribution < -0.4 is 11.5 Å². The predicted molar refractivity (Wildman–Crippen MR) is 75.6 cm³/mol. The molecular formula is C14H13ClN2. The summed E-state index contributed by atoms with van der Waals surface area (Å²) in [4.78, 5) is 0. The van der Waals surface area contributed by atoms with Gasteiger partial charge in [0, 0.05) is 16.4 Å². The Kier molecular flexibility index (Phi) is 3.35. The van der Waals surface area contributed by atoms with Gasteiger partial charge in [-0.1, -0.05) is 48.0 Å². The predicted octanol–water partition coefficient (Wildman–Crippen LogP) is 3.67. The topological polar surface area (TPSA) is 52.0 Å². The van der Waals surface area contributed by atoms with Gasteiger partial charge in [-0.25, -0.2) is 0 Å². The number of anilines is 2. The molecular weight excluding hydrogens is 232 g/mol. The van der Waals surface area contributed by atoms with E-state index in [1.165, 1.54) is 0 Å². The van der Waals surface area contributed by atoms with Crippen LogP contribution in [-0.2, 0) is 0 Å². The molecule has 3 heteroatoms. The van der Waals surface area contributed by atoms with Crippen molar-refractivity contribution in [2.75, 3.05) is 11.5 Å². The van der Waals surface area contributed by atoms with Crippen LogP contribution in [-0.4, -0.2) is 0 Å². The molecule has 0 heterocycles. The second-order valence-electron chi connectivity index (χ2n) is 3.74. The summed E-state index contributed by atoms with van der Waals surface area (Å²) in [6.07, 6.45) is 3.87. The minimum Gasteiger partial charge on any atom is -0.398 e. The second kappa shape index (κ2) is 4.93. The van der Waals surface area contributed by atoms with E-state index in [-0.39, 0.29) is 0 Å². The van der Waals surface area contributed by atoms with Gasteiger partial charge in [0.05, 0.1) is 0 Å².